The van der Waals surface area contributed by atoms with Crippen LogP contribution in [0.2, 0.25) is 0 Å². The van der Waals surface area contributed by atoms with Crippen molar-refractivity contribution < 1.29 is 27.7 Å². The number of hydrogen-bond donors (Lipinski definition) is 1. The Morgan fingerprint density at radius 2 is 1.43 bits per heavy atom. The zero-order valence-electron chi connectivity index (χ0n) is 15.7. The summed E-state index contributed by atoms with van der Waals surface area (Å²) in [4.78, 5) is 13.1. The summed E-state index contributed by atoms with van der Waals surface area (Å²) in [6.45, 7) is 0.0906. The van der Waals surface area contributed by atoms with Crippen LogP contribution in [0.3, 0.4) is 0 Å². The summed E-state index contributed by atoms with van der Waals surface area (Å²) in [5, 5.41) is 0. The molecule has 0 heterocycles. The van der Waals surface area contributed by atoms with Gasteiger partial charge in [-0.3, -0.25) is 9.05 Å². The summed E-state index contributed by atoms with van der Waals surface area (Å²) < 4.78 is 33.9. The molecule has 0 fully saturated rings. The molecule has 0 aliphatic rings. The van der Waals surface area contributed by atoms with Crippen LogP contribution in [0.15, 0.2) is 60.7 Å². The predicted molar refractivity (Wildman–Crippen MR) is 104 cm³/mol. The average molecular weight is 408 g/mol. The Balaban J connectivity index is 1.94. The fraction of sp³-hybridized carbons (Fsp3) is 0.316. The molecule has 9 heteroatoms. The van der Waals surface area contributed by atoms with Gasteiger partial charge in [0.25, 0.3) is 0 Å². The summed E-state index contributed by atoms with van der Waals surface area (Å²) in [5.74, 6) is 0. The maximum absolute atomic E-state index is 12.9. The molecule has 0 unspecified atom stereocenters. The van der Waals surface area contributed by atoms with Crippen LogP contribution in [0.1, 0.15) is 11.1 Å². The number of carbonyl (C=O) groups is 1. The maximum atomic E-state index is 12.9. The van der Waals surface area contributed by atoms with Gasteiger partial charge >= 0.3 is 13.9 Å². The first-order chi connectivity index (χ1) is 13.5. The Morgan fingerprint density at radius 1 is 0.929 bits per heavy atom. The fourth-order valence-electron chi connectivity index (χ4n) is 2.10. The van der Waals surface area contributed by atoms with Gasteiger partial charge in [-0.2, -0.15) is 0 Å². The molecule has 0 saturated heterocycles. The van der Waals surface area contributed by atoms with Gasteiger partial charge in [0.1, 0.15) is 0 Å². The number of amides is 1. The highest BCUT2D eigenvalue weighted by Crippen LogP contribution is 2.50. The summed E-state index contributed by atoms with van der Waals surface area (Å²) >= 11 is 0. The molecule has 0 aliphatic carbocycles. The molecule has 2 aromatic rings. The fourth-order valence-corrected chi connectivity index (χ4v) is 3.12. The number of benzene rings is 2. The molecular formula is C19H25N2O6P. The smallest absolute Gasteiger partial charge is 0.422 e. The number of nitrogens with zero attached hydrogens (tertiary/aromatic N) is 1. The van der Waals surface area contributed by atoms with Crippen molar-refractivity contribution in [2.45, 2.75) is 13.2 Å². The van der Waals surface area contributed by atoms with Gasteiger partial charge in [-0.05, 0) is 11.1 Å². The molecule has 2 aromatic carbocycles. The van der Waals surface area contributed by atoms with E-state index in [9.17, 15) is 9.36 Å². The van der Waals surface area contributed by atoms with Crippen LogP contribution in [-0.4, -0.2) is 37.9 Å². The summed E-state index contributed by atoms with van der Waals surface area (Å²) in [6, 6.07) is 18.4. The lowest BCUT2D eigenvalue weighted by Gasteiger charge is -2.20. The van der Waals surface area contributed by atoms with Crippen molar-refractivity contribution in [3.8, 4) is 0 Å². The quantitative estimate of drug-likeness (QED) is 0.448. The molecular weight excluding hydrogens is 383 g/mol. The third-order valence-corrected chi connectivity index (χ3v) is 4.95. The van der Waals surface area contributed by atoms with Gasteiger partial charge < -0.3 is 15.4 Å². The van der Waals surface area contributed by atoms with Crippen LogP contribution in [-0.2, 0) is 36.1 Å². The van der Waals surface area contributed by atoms with Gasteiger partial charge in [0.15, 0.2) is 0 Å². The number of carbonyl (C=O) groups excluding carboxylic acids is 1. The first-order valence-corrected chi connectivity index (χ1v) is 10.2. The van der Waals surface area contributed by atoms with Gasteiger partial charge in [-0.25, -0.2) is 13.9 Å². The van der Waals surface area contributed by atoms with Gasteiger partial charge in [-0.1, -0.05) is 60.7 Å². The minimum atomic E-state index is -3.97. The molecule has 0 aliphatic heterocycles. The Bertz CT molecular complexity index is 712. The minimum Gasteiger partial charge on any atom is -0.422 e. The van der Waals surface area contributed by atoms with E-state index in [0.29, 0.717) is 13.1 Å². The highest BCUT2D eigenvalue weighted by molar-refractivity contribution is 7.48. The molecule has 152 valence electrons. The second-order valence-electron chi connectivity index (χ2n) is 5.83. The van der Waals surface area contributed by atoms with Gasteiger partial charge in [0, 0.05) is 20.1 Å². The molecule has 2 rings (SSSR count). The molecule has 2 N–H and O–H groups in total. The van der Waals surface area contributed by atoms with Crippen molar-refractivity contribution in [1.82, 2.24) is 4.90 Å². The van der Waals surface area contributed by atoms with Crippen molar-refractivity contribution in [3.05, 3.63) is 71.8 Å². The van der Waals surface area contributed by atoms with Crippen molar-refractivity contribution in [3.63, 3.8) is 0 Å². The zero-order chi connectivity index (χ0) is 20.2. The van der Waals surface area contributed by atoms with E-state index < -0.39 is 20.7 Å². The second kappa shape index (κ2) is 11.6. The van der Waals surface area contributed by atoms with Gasteiger partial charge in [0.05, 0.1) is 13.2 Å². The van der Waals surface area contributed by atoms with Crippen LogP contribution in [0, 0.1) is 0 Å². The molecule has 0 aromatic heterocycles. The van der Waals surface area contributed by atoms with E-state index >= 15 is 0 Å². The summed E-state index contributed by atoms with van der Waals surface area (Å²) in [7, 11) is -2.44. The number of likely N-dealkylation sites (N-methyl/N-ethyl adjacent to an activating group) is 1. The van der Waals surface area contributed by atoms with E-state index in [0.717, 1.165) is 11.1 Å². The number of phosphoric acid groups is 1. The van der Waals surface area contributed by atoms with Crippen molar-refractivity contribution in [2.24, 2.45) is 5.73 Å². The molecule has 28 heavy (non-hydrogen) atoms. The normalized spacial score (nSPS) is 11.2. The largest absolute Gasteiger partial charge is 0.478 e. The van der Waals surface area contributed by atoms with E-state index in [1.54, 1.807) is 0 Å². The van der Waals surface area contributed by atoms with E-state index in [2.05, 4.69) is 0 Å². The Hall–Kier alpha value is -2.22. The molecule has 0 spiro atoms. The molecule has 0 bridgehead atoms. The molecule has 1 amide bonds. The number of nitrogens with two attached hydrogens (primary N) is 1. The monoisotopic (exact) mass is 408 g/mol. The molecule has 0 atom stereocenters. The van der Waals surface area contributed by atoms with Crippen LogP contribution < -0.4 is 5.73 Å². The maximum Gasteiger partial charge on any atom is 0.478 e. The van der Waals surface area contributed by atoms with E-state index in [-0.39, 0.29) is 13.2 Å². The number of phosphoric ester groups is 1. The number of hydrogen-bond acceptors (Lipinski definition) is 7. The van der Waals surface area contributed by atoms with Crippen LogP contribution in [0.4, 0.5) is 4.79 Å². The average Bonchev–Trinajstić information content (AvgIpc) is 2.72. The number of rotatable bonds is 11. The zero-order valence-corrected chi connectivity index (χ0v) is 16.6. The SMILES string of the molecule is CN(CCN)C(=O)OCOP(=O)(OCc1ccccc1)OCc1ccccc1. The highest BCUT2D eigenvalue weighted by atomic mass is 31.2. The highest BCUT2D eigenvalue weighted by Gasteiger charge is 2.28. The first kappa shape index (κ1) is 22.1. The van der Waals surface area contributed by atoms with E-state index in [1.807, 2.05) is 60.7 Å². The Morgan fingerprint density at radius 3 is 1.89 bits per heavy atom. The molecule has 8 nitrogen and oxygen atoms in total. The Labute approximate surface area is 164 Å². The molecule has 0 radical (unpaired) electrons. The van der Waals surface area contributed by atoms with Crippen molar-refractivity contribution >= 4 is 13.9 Å². The van der Waals surface area contributed by atoms with Gasteiger partial charge in [-0.15, -0.1) is 0 Å². The van der Waals surface area contributed by atoms with Crippen LogP contribution in [0.25, 0.3) is 0 Å². The summed E-state index contributed by atoms with van der Waals surface area (Å²) in [6.07, 6.45) is -0.650. The van der Waals surface area contributed by atoms with Crippen LogP contribution in [0.5, 0.6) is 0 Å². The second-order valence-corrected chi connectivity index (χ2v) is 7.50. The third kappa shape index (κ3) is 7.80. The van der Waals surface area contributed by atoms with E-state index in [4.69, 9.17) is 24.0 Å². The predicted octanol–water partition coefficient (Wildman–Crippen LogP) is 3.53. The minimum absolute atomic E-state index is 0.0218. The van der Waals surface area contributed by atoms with Crippen molar-refractivity contribution in [2.75, 3.05) is 26.9 Å². The topological polar surface area (TPSA) is 100 Å². The lowest BCUT2D eigenvalue weighted by atomic mass is 10.2. The standard InChI is InChI=1S/C19H25N2O6P/c1-21(13-12-20)19(22)24-16-27-28(23,25-14-17-8-4-2-5-9-17)26-15-18-10-6-3-7-11-18/h2-11H,12-16,20H2,1H3. The lowest BCUT2D eigenvalue weighted by molar-refractivity contribution is 0.00651. The lowest BCUT2D eigenvalue weighted by Crippen LogP contribution is -2.32. The van der Waals surface area contributed by atoms with Crippen molar-refractivity contribution in [1.29, 1.82) is 0 Å². The summed E-state index contributed by atoms with van der Waals surface area (Å²) in [5.41, 5.74) is 6.99. The number of ether oxygens (including phenoxy) is 1. The third-order valence-electron chi connectivity index (χ3n) is 3.63. The molecule has 0 saturated carbocycles. The van der Waals surface area contributed by atoms with Gasteiger partial charge in [0.2, 0.25) is 6.79 Å². The van der Waals surface area contributed by atoms with E-state index in [1.165, 1.54) is 11.9 Å². The Kier molecular flexibility index (Phi) is 9.13. The van der Waals surface area contributed by atoms with Crippen LogP contribution >= 0.6 is 7.82 Å². The first-order valence-electron chi connectivity index (χ1n) is 8.72.